The summed E-state index contributed by atoms with van der Waals surface area (Å²) in [6.07, 6.45) is 1.29. The SMILES string of the molecule is Cc1cc(=O)[nH]c(N/N=C\c2ccccc2[N+](=O)[O-])n1. The van der Waals surface area contributed by atoms with Gasteiger partial charge in [-0.15, -0.1) is 0 Å². The zero-order chi connectivity index (χ0) is 14.5. The highest BCUT2D eigenvalue weighted by atomic mass is 16.6. The normalized spacial score (nSPS) is 10.7. The molecule has 0 aliphatic carbocycles. The van der Waals surface area contributed by atoms with Gasteiger partial charge >= 0.3 is 0 Å². The Hall–Kier alpha value is -3.03. The van der Waals surface area contributed by atoms with E-state index < -0.39 is 4.92 Å². The van der Waals surface area contributed by atoms with Gasteiger partial charge in [0.1, 0.15) is 0 Å². The Balaban J connectivity index is 2.18. The molecule has 2 N–H and O–H groups in total. The van der Waals surface area contributed by atoms with Crippen LogP contribution in [-0.4, -0.2) is 21.1 Å². The largest absolute Gasteiger partial charge is 0.291 e. The number of aromatic amines is 1. The molecule has 1 heterocycles. The summed E-state index contributed by atoms with van der Waals surface area (Å²) < 4.78 is 0. The lowest BCUT2D eigenvalue weighted by Gasteiger charge is -2.00. The van der Waals surface area contributed by atoms with Crippen LogP contribution in [0.4, 0.5) is 11.6 Å². The summed E-state index contributed by atoms with van der Waals surface area (Å²) in [4.78, 5) is 28.0. The van der Waals surface area contributed by atoms with Crippen molar-refractivity contribution in [3.05, 3.63) is 62.1 Å². The number of para-hydroxylation sites is 1. The summed E-state index contributed by atoms with van der Waals surface area (Å²) in [6, 6.07) is 7.53. The molecule has 1 aromatic carbocycles. The van der Waals surface area contributed by atoms with E-state index in [9.17, 15) is 14.9 Å². The quantitative estimate of drug-likeness (QED) is 0.497. The Kier molecular flexibility index (Phi) is 3.85. The fourth-order valence-corrected chi connectivity index (χ4v) is 1.56. The number of rotatable bonds is 4. The van der Waals surface area contributed by atoms with E-state index in [-0.39, 0.29) is 17.2 Å². The number of nitro groups is 1. The molecule has 0 radical (unpaired) electrons. The lowest BCUT2D eigenvalue weighted by atomic mass is 10.2. The minimum atomic E-state index is -0.492. The fraction of sp³-hybridized carbons (Fsp3) is 0.0833. The Morgan fingerprint density at radius 3 is 2.90 bits per heavy atom. The topological polar surface area (TPSA) is 113 Å². The maximum atomic E-state index is 11.2. The molecule has 0 aliphatic rings. The molecule has 20 heavy (non-hydrogen) atoms. The molecular weight excluding hydrogens is 262 g/mol. The first-order valence-corrected chi connectivity index (χ1v) is 5.67. The molecule has 0 saturated heterocycles. The van der Waals surface area contributed by atoms with E-state index in [4.69, 9.17) is 0 Å². The van der Waals surface area contributed by atoms with E-state index >= 15 is 0 Å². The van der Waals surface area contributed by atoms with Crippen molar-refractivity contribution in [2.45, 2.75) is 6.92 Å². The number of H-pyrrole nitrogens is 1. The average molecular weight is 273 g/mol. The van der Waals surface area contributed by atoms with Crippen LogP contribution in [0.25, 0.3) is 0 Å². The molecule has 0 bridgehead atoms. The molecule has 2 rings (SSSR count). The number of aryl methyl sites for hydroxylation is 1. The van der Waals surface area contributed by atoms with Crippen molar-refractivity contribution in [3.8, 4) is 0 Å². The molecule has 0 aliphatic heterocycles. The van der Waals surface area contributed by atoms with E-state index in [1.807, 2.05) is 0 Å². The molecule has 0 spiro atoms. The first-order chi connectivity index (χ1) is 9.56. The predicted molar refractivity (Wildman–Crippen MR) is 73.9 cm³/mol. The van der Waals surface area contributed by atoms with Crippen molar-refractivity contribution in [2.75, 3.05) is 5.43 Å². The van der Waals surface area contributed by atoms with Crippen molar-refractivity contribution < 1.29 is 4.92 Å². The van der Waals surface area contributed by atoms with E-state index in [0.717, 1.165) is 0 Å². The van der Waals surface area contributed by atoms with Gasteiger partial charge in [-0.05, 0) is 13.0 Å². The number of hydrogen-bond acceptors (Lipinski definition) is 6. The van der Waals surface area contributed by atoms with E-state index in [1.54, 1.807) is 25.1 Å². The number of anilines is 1. The third-order valence-corrected chi connectivity index (χ3v) is 2.38. The molecule has 2 aromatic rings. The van der Waals surface area contributed by atoms with Crippen molar-refractivity contribution in [1.82, 2.24) is 9.97 Å². The van der Waals surface area contributed by atoms with Crippen molar-refractivity contribution in [2.24, 2.45) is 5.10 Å². The summed E-state index contributed by atoms with van der Waals surface area (Å²) in [7, 11) is 0. The lowest BCUT2D eigenvalue weighted by molar-refractivity contribution is -0.385. The molecule has 0 fully saturated rings. The van der Waals surface area contributed by atoms with Crippen LogP contribution in [0.3, 0.4) is 0 Å². The third kappa shape index (κ3) is 3.25. The van der Waals surface area contributed by atoms with Gasteiger partial charge < -0.3 is 0 Å². The number of benzene rings is 1. The Labute approximate surface area is 113 Å². The van der Waals surface area contributed by atoms with Crippen molar-refractivity contribution >= 4 is 17.9 Å². The fourth-order valence-electron chi connectivity index (χ4n) is 1.56. The summed E-state index contributed by atoms with van der Waals surface area (Å²) in [5, 5.41) is 14.6. The van der Waals surface area contributed by atoms with E-state index in [1.165, 1.54) is 18.3 Å². The van der Waals surface area contributed by atoms with Crippen LogP contribution < -0.4 is 11.0 Å². The highest BCUT2D eigenvalue weighted by Crippen LogP contribution is 2.15. The first-order valence-electron chi connectivity index (χ1n) is 5.67. The summed E-state index contributed by atoms with van der Waals surface area (Å²) in [6.45, 7) is 1.67. The molecule has 0 saturated carbocycles. The molecule has 0 amide bonds. The summed E-state index contributed by atoms with van der Waals surface area (Å²) in [5.74, 6) is 0.171. The maximum Gasteiger partial charge on any atom is 0.278 e. The highest BCUT2D eigenvalue weighted by molar-refractivity contribution is 5.85. The highest BCUT2D eigenvalue weighted by Gasteiger charge is 2.09. The summed E-state index contributed by atoms with van der Waals surface area (Å²) in [5.41, 5.74) is 3.05. The number of nitro benzene ring substituents is 1. The first kappa shape index (κ1) is 13.4. The number of nitrogens with one attached hydrogen (secondary N) is 2. The Morgan fingerprint density at radius 2 is 2.20 bits per heavy atom. The van der Waals surface area contributed by atoms with Crippen LogP contribution in [0.15, 0.2) is 40.2 Å². The minimum absolute atomic E-state index is 0.0521. The average Bonchev–Trinajstić information content (AvgIpc) is 2.38. The van der Waals surface area contributed by atoms with Gasteiger partial charge in [0.05, 0.1) is 16.7 Å². The number of nitrogens with zero attached hydrogens (tertiary/aromatic N) is 3. The second-order valence-corrected chi connectivity index (χ2v) is 3.92. The number of aromatic nitrogens is 2. The molecule has 0 unspecified atom stereocenters. The van der Waals surface area contributed by atoms with Gasteiger partial charge in [-0.3, -0.25) is 19.9 Å². The van der Waals surface area contributed by atoms with Crippen LogP contribution in [0, 0.1) is 17.0 Å². The summed E-state index contributed by atoms with van der Waals surface area (Å²) >= 11 is 0. The van der Waals surface area contributed by atoms with Gasteiger partial charge in [0.25, 0.3) is 11.2 Å². The molecule has 1 aromatic heterocycles. The van der Waals surface area contributed by atoms with Gasteiger partial charge in [-0.1, -0.05) is 12.1 Å². The van der Waals surface area contributed by atoms with Crippen LogP contribution in [0.2, 0.25) is 0 Å². The molecule has 102 valence electrons. The zero-order valence-corrected chi connectivity index (χ0v) is 10.5. The second-order valence-electron chi connectivity index (χ2n) is 3.92. The van der Waals surface area contributed by atoms with Gasteiger partial charge in [-0.2, -0.15) is 5.10 Å². The van der Waals surface area contributed by atoms with Gasteiger partial charge in [0.2, 0.25) is 5.95 Å². The Morgan fingerprint density at radius 1 is 1.45 bits per heavy atom. The maximum absolute atomic E-state index is 11.2. The monoisotopic (exact) mass is 273 g/mol. The standard InChI is InChI=1S/C12H11N5O3/c1-8-6-11(18)15-12(14-8)16-13-7-9-4-2-3-5-10(9)17(19)20/h2-7H,1H3,(H2,14,15,16,18)/b13-7-. The van der Waals surface area contributed by atoms with Gasteiger partial charge in [-0.25, -0.2) is 10.4 Å². The number of hydrogen-bond donors (Lipinski definition) is 2. The molecule has 8 heteroatoms. The van der Waals surface area contributed by atoms with Gasteiger partial charge in [0.15, 0.2) is 0 Å². The zero-order valence-electron chi connectivity index (χ0n) is 10.5. The minimum Gasteiger partial charge on any atom is -0.291 e. The van der Waals surface area contributed by atoms with Crippen LogP contribution >= 0.6 is 0 Å². The third-order valence-electron chi connectivity index (χ3n) is 2.38. The molecule has 8 nitrogen and oxygen atoms in total. The smallest absolute Gasteiger partial charge is 0.278 e. The van der Waals surface area contributed by atoms with Crippen molar-refractivity contribution in [1.29, 1.82) is 0 Å². The van der Waals surface area contributed by atoms with Crippen LogP contribution in [0.1, 0.15) is 11.3 Å². The number of hydrazone groups is 1. The van der Waals surface area contributed by atoms with E-state index in [2.05, 4.69) is 20.5 Å². The molecular formula is C12H11N5O3. The predicted octanol–water partition coefficient (Wildman–Crippen LogP) is 1.43. The molecule has 0 atom stereocenters. The Bertz CT molecular complexity index is 723. The van der Waals surface area contributed by atoms with Crippen molar-refractivity contribution in [3.63, 3.8) is 0 Å². The van der Waals surface area contributed by atoms with Crippen LogP contribution in [0.5, 0.6) is 0 Å². The lowest BCUT2D eigenvalue weighted by Crippen LogP contribution is -2.10. The van der Waals surface area contributed by atoms with E-state index in [0.29, 0.717) is 11.3 Å². The second kappa shape index (κ2) is 5.74. The van der Waals surface area contributed by atoms with Crippen LogP contribution in [-0.2, 0) is 0 Å². The van der Waals surface area contributed by atoms with Gasteiger partial charge in [0, 0.05) is 17.8 Å².